The van der Waals surface area contributed by atoms with Gasteiger partial charge in [-0.1, -0.05) is 15.9 Å². The number of hydrogen-bond donors (Lipinski definition) is 1. The van der Waals surface area contributed by atoms with Crippen LogP contribution in [-0.2, 0) is 16.4 Å². The third-order valence-electron chi connectivity index (χ3n) is 6.54. The highest BCUT2D eigenvalue weighted by molar-refractivity contribution is 9.10. The molecule has 2 aliphatic rings. The Morgan fingerprint density at radius 1 is 1.10 bits per heavy atom. The van der Waals surface area contributed by atoms with Crippen molar-refractivity contribution >= 4 is 26.0 Å². The molecule has 0 unspecified atom stereocenters. The maximum Gasteiger partial charge on any atom is 0.208 e. The van der Waals surface area contributed by atoms with Crippen molar-refractivity contribution in [2.45, 2.75) is 63.8 Å². The van der Waals surface area contributed by atoms with Gasteiger partial charge in [0.2, 0.25) is 10.0 Å². The number of nitrogens with zero attached hydrogens (tertiary/aromatic N) is 1. The summed E-state index contributed by atoms with van der Waals surface area (Å²) in [5.74, 6) is 1.24. The normalized spacial score (nSPS) is 24.7. The monoisotopic (exact) mass is 488 g/mol. The van der Waals surface area contributed by atoms with E-state index in [9.17, 15) is 12.8 Å². The van der Waals surface area contributed by atoms with Gasteiger partial charge in [0.1, 0.15) is 5.82 Å². The van der Waals surface area contributed by atoms with Crippen LogP contribution in [0.2, 0.25) is 0 Å². The van der Waals surface area contributed by atoms with Crippen molar-refractivity contribution in [3.05, 3.63) is 34.1 Å². The summed E-state index contributed by atoms with van der Waals surface area (Å²) >= 11 is 3.55. The first-order chi connectivity index (χ1) is 13.8. The van der Waals surface area contributed by atoms with Crippen molar-refractivity contribution in [3.8, 4) is 0 Å². The fourth-order valence-electron chi connectivity index (χ4n) is 4.90. The second-order valence-corrected chi connectivity index (χ2v) is 11.6. The third kappa shape index (κ3) is 7.93. The zero-order chi connectivity index (χ0) is 20.9. The van der Waals surface area contributed by atoms with Crippen molar-refractivity contribution in [3.63, 3.8) is 0 Å². The molecule has 1 saturated carbocycles. The molecule has 1 saturated heterocycles. The number of sulfonamides is 1. The summed E-state index contributed by atoms with van der Waals surface area (Å²) in [6.45, 7) is 3.45. The molecular weight excluding hydrogens is 455 g/mol. The zero-order valence-corrected chi connectivity index (χ0v) is 19.8. The Morgan fingerprint density at radius 3 is 2.45 bits per heavy atom. The Hall–Kier alpha value is -0.500. The van der Waals surface area contributed by atoms with Gasteiger partial charge in [-0.15, -0.1) is 0 Å². The summed E-state index contributed by atoms with van der Waals surface area (Å²) in [5, 5.41) is 0. The Labute approximate surface area is 183 Å². The summed E-state index contributed by atoms with van der Waals surface area (Å²) < 4.78 is 40.0. The highest BCUT2D eigenvalue weighted by Gasteiger charge is 2.24. The van der Waals surface area contributed by atoms with E-state index in [4.69, 9.17) is 0 Å². The summed E-state index contributed by atoms with van der Waals surface area (Å²) in [4.78, 5) is 2.58. The van der Waals surface area contributed by atoms with Crippen molar-refractivity contribution in [2.24, 2.45) is 11.8 Å². The molecule has 1 aromatic carbocycles. The van der Waals surface area contributed by atoms with Gasteiger partial charge >= 0.3 is 0 Å². The van der Waals surface area contributed by atoms with Crippen molar-refractivity contribution in [2.75, 3.05) is 25.9 Å². The molecule has 1 N–H and O–H groups in total. The lowest BCUT2D eigenvalue weighted by molar-refractivity contribution is 0.175. The van der Waals surface area contributed by atoms with E-state index < -0.39 is 10.0 Å². The van der Waals surface area contributed by atoms with E-state index in [1.807, 2.05) is 6.07 Å². The quantitative estimate of drug-likeness (QED) is 0.575. The second kappa shape index (κ2) is 10.7. The third-order valence-corrected chi connectivity index (χ3v) is 8.07. The first kappa shape index (κ1) is 23.2. The maximum absolute atomic E-state index is 13.5. The molecule has 0 aromatic heterocycles. The van der Waals surface area contributed by atoms with E-state index in [2.05, 4.69) is 25.6 Å². The molecule has 1 aliphatic carbocycles. The predicted molar refractivity (Wildman–Crippen MR) is 120 cm³/mol. The fourth-order valence-corrected chi connectivity index (χ4v) is 6.15. The summed E-state index contributed by atoms with van der Waals surface area (Å²) in [7, 11) is -3.08. The Kier molecular flexibility index (Phi) is 8.54. The van der Waals surface area contributed by atoms with Gasteiger partial charge in [-0.05, 0) is 113 Å². The fraction of sp³-hybridized carbons (Fsp3) is 0.727. The van der Waals surface area contributed by atoms with Crippen LogP contribution in [0.15, 0.2) is 22.7 Å². The minimum atomic E-state index is -3.08. The highest BCUT2D eigenvalue weighted by atomic mass is 79.9. The van der Waals surface area contributed by atoms with Crippen LogP contribution in [0.4, 0.5) is 4.39 Å². The van der Waals surface area contributed by atoms with E-state index >= 15 is 0 Å². The number of rotatable bonds is 8. The molecular formula is C22H34BrFN2O2S. The first-order valence-electron chi connectivity index (χ1n) is 10.9. The van der Waals surface area contributed by atoms with E-state index in [-0.39, 0.29) is 11.9 Å². The molecule has 7 heteroatoms. The Morgan fingerprint density at radius 2 is 1.79 bits per heavy atom. The molecule has 4 nitrogen and oxygen atoms in total. The smallest absolute Gasteiger partial charge is 0.208 e. The number of hydrogen-bond acceptors (Lipinski definition) is 3. The molecule has 2 fully saturated rings. The van der Waals surface area contributed by atoms with Crippen molar-refractivity contribution < 1.29 is 12.8 Å². The topological polar surface area (TPSA) is 49.4 Å². The van der Waals surface area contributed by atoms with Crippen LogP contribution in [-0.4, -0.2) is 45.2 Å². The van der Waals surface area contributed by atoms with Crippen LogP contribution in [0.3, 0.4) is 0 Å². The molecule has 0 radical (unpaired) electrons. The minimum Gasteiger partial charge on any atom is -0.303 e. The number of halogens is 2. The lowest BCUT2D eigenvalue weighted by Crippen LogP contribution is -2.37. The van der Waals surface area contributed by atoms with Gasteiger partial charge in [-0.3, -0.25) is 0 Å². The summed E-state index contributed by atoms with van der Waals surface area (Å²) in [6, 6.07) is 5.12. The largest absolute Gasteiger partial charge is 0.303 e. The van der Waals surface area contributed by atoms with Crippen LogP contribution in [0.1, 0.15) is 56.9 Å². The summed E-state index contributed by atoms with van der Waals surface area (Å²) in [6.07, 6.45) is 11.3. The van der Waals surface area contributed by atoms with Crippen LogP contribution >= 0.6 is 15.9 Å². The van der Waals surface area contributed by atoms with Gasteiger partial charge in [0.15, 0.2) is 0 Å². The molecule has 29 heavy (non-hydrogen) atoms. The standard InChI is InChI=1S/C22H34BrFN2O2S/c1-29(27,28)25-21-7-4-17(5-8-21)3-2-12-26-13-10-18(11-14-26)15-19-16-20(24)6-9-22(19)23/h6,9,16-18,21,25H,2-5,7-8,10-15H2,1H3. The SMILES string of the molecule is CS(=O)(=O)NC1CCC(CCCN2CCC(Cc3cc(F)ccc3Br)CC2)CC1. The maximum atomic E-state index is 13.5. The van der Waals surface area contributed by atoms with Crippen LogP contribution < -0.4 is 4.72 Å². The van der Waals surface area contributed by atoms with Crippen LogP contribution in [0.25, 0.3) is 0 Å². The van der Waals surface area contributed by atoms with Crippen LogP contribution in [0.5, 0.6) is 0 Å². The lowest BCUT2D eigenvalue weighted by atomic mass is 9.83. The molecule has 1 heterocycles. The highest BCUT2D eigenvalue weighted by Crippen LogP contribution is 2.29. The van der Waals surface area contributed by atoms with Gasteiger partial charge in [-0.25, -0.2) is 17.5 Å². The average molecular weight is 489 g/mol. The van der Waals surface area contributed by atoms with Crippen molar-refractivity contribution in [1.82, 2.24) is 9.62 Å². The minimum absolute atomic E-state index is 0.137. The predicted octanol–water partition coefficient (Wildman–Crippen LogP) is 4.73. The van der Waals surface area contributed by atoms with E-state index in [1.165, 1.54) is 38.0 Å². The molecule has 0 amide bonds. The molecule has 0 atom stereocenters. The molecule has 1 aromatic rings. The van der Waals surface area contributed by atoms with Gasteiger partial charge in [-0.2, -0.15) is 0 Å². The number of piperidine rings is 1. The Bertz CT molecular complexity index is 758. The van der Waals surface area contributed by atoms with E-state index in [0.717, 1.165) is 67.7 Å². The average Bonchev–Trinajstić information content (AvgIpc) is 2.66. The molecule has 1 aliphatic heterocycles. The van der Waals surface area contributed by atoms with E-state index in [0.29, 0.717) is 5.92 Å². The molecule has 164 valence electrons. The van der Waals surface area contributed by atoms with E-state index in [1.54, 1.807) is 6.07 Å². The molecule has 0 bridgehead atoms. The number of nitrogens with one attached hydrogen (secondary N) is 1. The summed E-state index contributed by atoms with van der Waals surface area (Å²) in [5.41, 5.74) is 1.09. The lowest BCUT2D eigenvalue weighted by Gasteiger charge is -2.33. The zero-order valence-electron chi connectivity index (χ0n) is 17.4. The second-order valence-electron chi connectivity index (χ2n) is 8.97. The number of likely N-dealkylation sites (tertiary alicyclic amines) is 1. The van der Waals surface area contributed by atoms with Gasteiger partial charge < -0.3 is 4.90 Å². The first-order valence-corrected chi connectivity index (χ1v) is 13.6. The van der Waals surface area contributed by atoms with Crippen molar-refractivity contribution in [1.29, 1.82) is 0 Å². The molecule has 3 rings (SSSR count). The van der Waals surface area contributed by atoms with Gasteiger partial charge in [0.05, 0.1) is 6.26 Å². The van der Waals surface area contributed by atoms with Gasteiger partial charge in [0, 0.05) is 10.5 Å². The van der Waals surface area contributed by atoms with Gasteiger partial charge in [0.25, 0.3) is 0 Å². The Balaban J connectivity index is 1.30. The number of benzene rings is 1. The molecule has 0 spiro atoms. The van der Waals surface area contributed by atoms with Crippen LogP contribution in [0, 0.1) is 17.7 Å².